The number of nitrogens with one attached hydrogen (secondary N) is 1. The first kappa shape index (κ1) is 14.1. The first-order chi connectivity index (χ1) is 9.86. The van der Waals surface area contributed by atoms with Gasteiger partial charge in [0, 0.05) is 6.04 Å². The molecule has 0 heterocycles. The number of hydrogen-bond donors (Lipinski definition) is 1. The Bertz CT molecular complexity index is 398. The van der Waals surface area contributed by atoms with Crippen molar-refractivity contribution in [2.75, 3.05) is 7.05 Å². The molecule has 1 N–H and O–H groups in total. The zero-order chi connectivity index (χ0) is 13.8. The Hall–Kier alpha value is -0.820. The lowest BCUT2D eigenvalue weighted by Crippen LogP contribution is -2.21. The van der Waals surface area contributed by atoms with Crippen LogP contribution in [0.25, 0.3) is 0 Å². The van der Waals surface area contributed by atoms with E-state index < -0.39 is 0 Å². The molecule has 1 aromatic rings. The average Bonchev–Trinajstić information content (AvgIpc) is 2.45. The van der Waals surface area contributed by atoms with Gasteiger partial charge in [-0.05, 0) is 49.3 Å². The van der Waals surface area contributed by atoms with Crippen molar-refractivity contribution in [2.24, 2.45) is 5.92 Å². The van der Waals surface area contributed by atoms with Crippen LogP contribution < -0.4 is 5.32 Å². The van der Waals surface area contributed by atoms with E-state index in [1.165, 1.54) is 63.4 Å². The van der Waals surface area contributed by atoms with Crippen molar-refractivity contribution >= 4 is 0 Å². The number of hydrogen-bond acceptors (Lipinski definition) is 1. The van der Waals surface area contributed by atoms with E-state index in [1.54, 1.807) is 5.56 Å². The maximum atomic E-state index is 3.54. The topological polar surface area (TPSA) is 12.0 Å². The van der Waals surface area contributed by atoms with Gasteiger partial charge in [0.25, 0.3) is 0 Å². The van der Waals surface area contributed by atoms with Crippen LogP contribution in [0.4, 0.5) is 0 Å². The SMILES string of the molecule is CNC(CC1CCCCC1)c1ccc(C2CCC2)cc1. The summed E-state index contributed by atoms with van der Waals surface area (Å²) in [6, 6.07) is 10.1. The molecule has 0 bridgehead atoms. The van der Waals surface area contributed by atoms with Gasteiger partial charge >= 0.3 is 0 Å². The van der Waals surface area contributed by atoms with Crippen LogP contribution in [0, 0.1) is 5.92 Å². The molecule has 110 valence electrons. The lowest BCUT2D eigenvalue weighted by Gasteiger charge is -2.28. The second kappa shape index (κ2) is 6.76. The maximum Gasteiger partial charge on any atom is 0.0320 e. The summed E-state index contributed by atoms with van der Waals surface area (Å²) in [5.74, 6) is 1.79. The van der Waals surface area contributed by atoms with Gasteiger partial charge in [-0.2, -0.15) is 0 Å². The normalized spacial score (nSPS) is 22.4. The Morgan fingerprint density at radius 1 is 0.950 bits per heavy atom. The van der Waals surface area contributed by atoms with E-state index in [4.69, 9.17) is 0 Å². The highest BCUT2D eigenvalue weighted by Gasteiger charge is 2.21. The molecular weight excluding hydrogens is 242 g/mol. The lowest BCUT2D eigenvalue weighted by molar-refractivity contribution is 0.305. The number of rotatable bonds is 5. The Morgan fingerprint density at radius 2 is 1.65 bits per heavy atom. The lowest BCUT2D eigenvalue weighted by atomic mass is 9.79. The molecule has 0 aromatic heterocycles. The van der Waals surface area contributed by atoms with Gasteiger partial charge in [-0.1, -0.05) is 62.8 Å². The monoisotopic (exact) mass is 271 g/mol. The van der Waals surface area contributed by atoms with Gasteiger partial charge in [-0.25, -0.2) is 0 Å². The highest BCUT2D eigenvalue weighted by atomic mass is 14.9. The summed E-state index contributed by atoms with van der Waals surface area (Å²) < 4.78 is 0. The molecular formula is C19H29N. The first-order valence-corrected chi connectivity index (χ1v) is 8.64. The summed E-state index contributed by atoms with van der Waals surface area (Å²) in [4.78, 5) is 0. The standard InChI is InChI=1S/C19H29N/c1-20-19(14-15-6-3-2-4-7-15)18-12-10-17(11-13-18)16-8-5-9-16/h10-13,15-16,19-20H,2-9,14H2,1H3. The van der Waals surface area contributed by atoms with Crippen molar-refractivity contribution in [1.29, 1.82) is 0 Å². The molecule has 0 spiro atoms. The summed E-state index contributed by atoms with van der Waals surface area (Å²) >= 11 is 0. The summed E-state index contributed by atoms with van der Waals surface area (Å²) in [5.41, 5.74) is 3.05. The molecule has 2 saturated carbocycles. The van der Waals surface area contributed by atoms with Crippen molar-refractivity contribution in [3.05, 3.63) is 35.4 Å². The summed E-state index contributed by atoms with van der Waals surface area (Å²) in [6.45, 7) is 0. The zero-order valence-corrected chi connectivity index (χ0v) is 12.9. The first-order valence-electron chi connectivity index (χ1n) is 8.64. The Labute approximate surface area is 124 Å². The summed E-state index contributed by atoms with van der Waals surface area (Å²) in [7, 11) is 2.12. The van der Waals surface area contributed by atoms with Crippen molar-refractivity contribution in [1.82, 2.24) is 5.32 Å². The summed E-state index contributed by atoms with van der Waals surface area (Å²) in [6.07, 6.45) is 12.8. The minimum absolute atomic E-state index is 0.550. The third-order valence-corrected chi connectivity index (χ3v) is 5.56. The predicted octanol–water partition coefficient (Wildman–Crippen LogP) is 5.19. The minimum Gasteiger partial charge on any atom is -0.313 e. The molecule has 0 aliphatic heterocycles. The second-order valence-corrected chi connectivity index (χ2v) is 6.88. The van der Waals surface area contributed by atoms with E-state index in [2.05, 4.69) is 36.6 Å². The van der Waals surface area contributed by atoms with Crippen molar-refractivity contribution in [3.8, 4) is 0 Å². The largest absolute Gasteiger partial charge is 0.313 e. The molecule has 3 rings (SSSR count). The number of benzene rings is 1. The fourth-order valence-corrected chi connectivity index (χ4v) is 3.92. The molecule has 0 amide bonds. The van der Waals surface area contributed by atoms with E-state index in [0.29, 0.717) is 6.04 Å². The molecule has 1 nitrogen and oxygen atoms in total. The molecule has 0 radical (unpaired) electrons. The maximum absolute atomic E-state index is 3.54. The van der Waals surface area contributed by atoms with Crippen LogP contribution in [0.15, 0.2) is 24.3 Å². The van der Waals surface area contributed by atoms with Crippen LogP contribution in [-0.2, 0) is 0 Å². The van der Waals surface area contributed by atoms with Gasteiger partial charge in [0.1, 0.15) is 0 Å². The Balaban J connectivity index is 1.62. The molecule has 2 aliphatic rings. The Kier molecular flexibility index (Phi) is 4.77. The molecule has 0 saturated heterocycles. The third-order valence-electron chi connectivity index (χ3n) is 5.56. The van der Waals surface area contributed by atoms with Crippen LogP contribution >= 0.6 is 0 Å². The van der Waals surface area contributed by atoms with Gasteiger partial charge < -0.3 is 5.32 Å². The van der Waals surface area contributed by atoms with E-state index in [9.17, 15) is 0 Å². The van der Waals surface area contributed by atoms with Crippen molar-refractivity contribution in [2.45, 2.75) is 69.7 Å². The van der Waals surface area contributed by atoms with Crippen LogP contribution in [0.1, 0.15) is 80.9 Å². The smallest absolute Gasteiger partial charge is 0.0320 e. The molecule has 1 atom stereocenters. The highest BCUT2D eigenvalue weighted by molar-refractivity contribution is 5.28. The molecule has 2 fully saturated rings. The van der Waals surface area contributed by atoms with Crippen LogP contribution in [0.5, 0.6) is 0 Å². The van der Waals surface area contributed by atoms with Crippen molar-refractivity contribution in [3.63, 3.8) is 0 Å². The van der Waals surface area contributed by atoms with E-state index >= 15 is 0 Å². The van der Waals surface area contributed by atoms with Gasteiger partial charge in [-0.3, -0.25) is 0 Å². The molecule has 20 heavy (non-hydrogen) atoms. The molecule has 1 aromatic carbocycles. The molecule has 1 heteroatoms. The van der Waals surface area contributed by atoms with Gasteiger partial charge in [0.15, 0.2) is 0 Å². The highest BCUT2D eigenvalue weighted by Crippen LogP contribution is 2.37. The summed E-state index contributed by atoms with van der Waals surface area (Å²) in [5, 5.41) is 3.54. The van der Waals surface area contributed by atoms with Crippen LogP contribution in [0.3, 0.4) is 0 Å². The van der Waals surface area contributed by atoms with Crippen molar-refractivity contribution < 1.29 is 0 Å². The minimum atomic E-state index is 0.550. The fourth-order valence-electron chi connectivity index (χ4n) is 3.92. The zero-order valence-electron chi connectivity index (χ0n) is 12.9. The van der Waals surface area contributed by atoms with E-state index in [0.717, 1.165) is 11.8 Å². The Morgan fingerprint density at radius 3 is 2.20 bits per heavy atom. The van der Waals surface area contributed by atoms with Gasteiger partial charge in [0.2, 0.25) is 0 Å². The van der Waals surface area contributed by atoms with Crippen LogP contribution in [-0.4, -0.2) is 7.05 Å². The third kappa shape index (κ3) is 3.25. The quantitative estimate of drug-likeness (QED) is 0.777. The fraction of sp³-hybridized carbons (Fsp3) is 0.684. The van der Waals surface area contributed by atoms with E-state index in [-0.39, 0.29) is 0 Å². The van der Waals surface area contributed by atoms with Gasteiger partial charge in [-0.15, -0.1) is 0 Å². The van der Waals surface area contributed by atoms with Crippen LogP contribution in [0.2, 0.25) is 0 Å². The molecule has 2 aliphatic carbocycles. The predicted molar refractivity (Wildman–Crippen MR) is 86.0 cm³/mol. The second-order valence-electron chi connectivity index (χ2n) is 6.88. The average molecular weight is 271 g/mol. The molecule has 1 unspecified atom stereocenters. The van der Waals surface area contributed by atoms with E-state index in [1.807, 2.05) is 0 Å². The van der Waals surface area contributed by atoms with Gasteiger partial charge in [0.05, 0.1) is 0 Å².